The molecule has 2 aromatic rings. The Bertz CT molecular complexity index is 504. The van der Waals surface area contributed by atoms with Crippen molar-refractivity contribution in [2.45, 2.75) is 0 Å². The molecule has 0 unspecified atom stereocenters. The first-order valence-electron chi connectivity index (χ1n) is 4.80. The molecule has 0 saturated carbocycles. The van der Waals surface area contributed by atoms with E-state index >= 15 is 0 Å². The van der Waals surface area contributed by atoms with Gasteiger partial charge in [0.15, 0.2) is 0 Å². The highest BCUT2D eigenvalue weighted by Gasteiger charge is 1.93. The van der Waals surface area contributed by atoms with Crippen LogP contribution in [-0.4, -0.2) is 4.98 Å². The van der Waals surface area contributed by atoms with Crippen molar-refractivity contribution in [3.05, 3.63) is 62.8 Å². The van der Waals surface area contributed by atoms with Gasteiger partial charge in [-0.15, -0.1) is 0 Å². The third-order valence-corrected chi connectivity index (χ3v) is 3.28. The number of nitrogens with zero attached hydrogens (tertiary/aromatic N) is 1. The molecule has 0 saturated heterocycles. The summed E-state index contributed by atoms with van der Waals surface area (Å²) in [5.74, 6) is 0. The first-order chi connectivity index (χ1) is 7.75. The molecule has 0 N–H and O–H groups in total. The van der Waals surface area contributed by atoms with Crippen LogP contribution in [0.15, 0.2) is 51.5 Å². The highest BCUT2D eigenvalue weighted by molar-refractivity contribution is 9.10. The minimum absolute atomic E-state index is 0.943. The fourth-order valence-corrected chi connectivity index (χ4v) is 1.92. The Labute approximate surface area is 111 Å². The quantitative estimate of drug-likeness (QED) is 0.768. The predicted molar refractivity (Wildman–Crippen MR) is 75.0 cm³/mol. The Morgan fingerprint density at radius 1 is 0.938 bits per heavy atom. The molecule has 16 heavy (non-hydrogen) atoms. The Kier molecular flexibility index (Phi) is 3.91. The molecule has 0 fully saturated rings. The molecule has 1 aromatic carbocycles. The summed E-state index contributed by atoms with van der Waals surface area (Å²) < 4.78 is 2.08. The minimum atomic E-state index is 0.943. The van der Waals surface area contributed by atoms with Crippen LogP contribution in [0, 0.1) is 0 Å². The van der Waals surface area contributed by atoms with Crippen LogP contribution in [0.25, 0.3) is 12.2 Å². The Morgan fingerprint density at radius 2 is 1.75 bits per heavy atom. The highest BCUT2D eigenvalue weighted by Crippen LogP contribution is 2.18. The van der Waals surface area contributed by atoms with Crippen LogP contribution < -0.4 is 0 Å². The lowest BCUT2D eigenvalue weighted by molar-refractivity contribution is 1.28. The van der Waals surface area contributed by atoms with Crippen LogP contribution >= 0.6 is 31.9 Å². The summed E-state index contributed by atoms with van der Waals surface area (Å²) >= 11 is 6.86. The molecule has 1 aromatic heterocycles. The van der Waals surface area contributed by atoms with E-state index in [1.165, 1.54) is 0 Å². The van der Waals surface area contributed by atoms with E-state index in [0.29, 0.717) is 0 Å². The summed E-state index contributed by atoms with van der Waals surface area (Å²) in [6.07, 6.45) is 5.83. The topological polar surface area (TPSA) is 12.9 Å². The van der Waals surface area contributed by atoms with Gasteiger partial charge in [-0.3, -0.25) is 4.98 Å². The lowest BCUT2D eigenvalue weighted by atomic mass is 10.2. The molecule has 0 radical (unpaired) electrons. The lowest BCUT2D eigenvalue weighted by Crippen LogP contribution is -1.79. The van der Waals surface area contributed by atoms with Crippen molar-refractivity contribution >= 4 is 44.0 Å². The summed E-state index contributed by atoms with van der Waals surface area (Å²) in [6.45, 7) is 0. The van der Waals surface area contributed by atoms with Gasteiger partial charge in [-0.25, -0.2) is 0 Å². The third-order valence-electron chi connectivity index (χ3n) is 2.09. The number of hydrogen-bond acceptors (Lipinski definition) is 1. The molecule has 0 spiro atoms. The minimum Gasteiger partial charge on any atom is -0.256 e. The largest absolute Gasteiger partial charge is 0.256 e. The van der Waals surface area contributed by atoms with E-state index in [1.54, 1.807) is 6.20 Å². The number of benzene rings is 1. The second-order valence-electron chi connectivity index (χ2n) is 3.26. The molecule has 0 bridgehead atoms. The SMILES string of the molecule is Brc1ccc(C=Cc2ccccc2Br)nc1. The third kappa shape index (κ3) is 3.03. The number of aromatic nitrogens is 1. The summed E-state index contributed by atoms with van der Waals surface area (Å²) in [7, 11) is 0. The average Bonchev–Trinajstić information content (AvgIpc) is 2.30. The van der Waals surface area contributed by atoms with Gasteiger partial charge in [0.25, 0.3) is 0 Å². The van der Waals surface area contributed by atoms with Gasteiger partial charge in [0.1, 0.15) is 0 Å². The van der Waals surface area contributed by atoms with Crippen LogP contribution in [0.1, 0.15) is 11.3 Å². The van der Waals surface area contributed by atoms with E-state index in [-0.39, 0.29) is 0 Å². The molecule has 0 aliphatic heterocycles. The zero-order valence-corrected chi connectivity index (χ0v) is 11.6. The monoisotopic (exact) mass is 337 g/mol. The maximum absolute atomic E-state index is 4.27. The number of halogens is 2. The Hall–Kier alpha value is -0.930. The van der Waals surface area contributed by atoms with Crippen molar-refractivity contribution < 1.29 is 0 Å². The maximum Gasteiger partial charge on any atom is 0.0630 e. The highest BCUT2D eigenvalue weighted by atomic mass is 79.9. The standard InChI is InChI=1S/C13H9Br2N/c14-11-6-8-12(16-9-11)7-5-10-3-1-2-4-13(10)15/h1-9H. The zero-order chi connectivity index (χ0) is 11.4. The van der Waals surface area contributed by atoms with Crippen LogP contribution in [0.4, 0.5) is 0 Å². The van der Waals surface area contributed by atoms with Crippen LogP contribution in [-0.2, 0) is 0 Å². The molecule has 80 valence electrons. The van der Waals surface area contributed by atoms with Crippen molar-refractivity contribution in [1.82, 2.24) is 4.98 Å². The van der Waals surface area contributed by atoms with Gasteiger partial charge in [0.05, 0.1) is 5.69 Å². The summed E-state index contributed by atoms with van der Waals surface area (Å²) in [5.41, 5.74) is 2.09. The molecular formula is C13H9Br2N. The molecular weight excluding hydrogens is 330 g/mol. The van der Waals surface area contributed by atoms with Crippen molar-refractivity contribution in [2.75, 3.05) is 0 Å². The van der Waals surface area contributed by atoms with Crippen molar-refractivity contribution in [3.63, 3.8) is 0 Å². The maximum atomic E-state index is 4.27. The van der Waals surface area contributed by atoms with E-state index in [4.69, 9.17) is 0 Å². The number of rotatable bonds is 2. The molecule has 2 rings (SSSR count). The van der Waals surface area contributed by atoms with E-state index in [0.717, 1.165) is 20.2 Å². The second kappa shape index (κ2) is 5.41. The molecule has 0 aliphatic carbocycles. The molecule has 1 nitrogen and oxygen atoms in total. The van der Waals surface area contributed by atoms with Crippen LogP contribution in [0.5, 0.6) is 0 Å². The molecule has 1 heterocycles. The zero-order valence-electron chi connectivity index (χ0n) is 8.40. The molecule has 3 heteroatoms. The summed E-state index contributed by atoms with van der Waals surface area (Å²) in [4.78, 5) is 4.27. The van der Waals surface area contributed by atoms with Gasteiger partial charge in [-0.1, -0.05) is 40.2 Å². The first kappa shape index (κ1) is 11.6. The summed E-state index contributed by atoms with van der Waals surface area (Å²) in [6, 6.07) is 12.0. The normalized spacial score (nSPS) is 10.9. The number of pyridine rings is 1. The Morgan fingerprint density at radius 3 is 2.44 bits per heavy atom. The van der Waals surface area contributed by atoms with Crippen molar-refractivity contribution in [1.29, 1.82) is 0 Å². The first-order valence-corrected chi connectivity index (χ1v) is 6.38. The fraction of sp³-hybridized carbons (Fsp3) is 0. The van der Waals surface area contributed by atoms with Gasteiger partial charge in [0.2, 0.25) is 0 Å². The lowest BCUT2D eigenvalue weighted by Gasteiger charge is -1.97. The van der Waals surface area contributed by atoms with Crippen molar-refractivity contribution in [2.24, 2.45) is 0 Å². The van der Waals surface area contributed by atoms with Crippen LogP contribution in [0.3, 0.4) is 0 Å². The van der Waals surface area contributed by atoms with Gasteiger partial charge < -0.3 is 0 Å². The van der Waals surface area contributed by atoms with Crippen molar-refractivity contribution in [3.8, 4) is 0 Å². The molecule has 0 atom stereocenters. The van der Waals surface area contributed by atoms with E-state index in [1.807, 2.05) is 42.5 Å². The predicted octanol–water partition coefficient (Wildman–Crippen LogP) is 4.78. The van der Waals surface area contributed by atoms with E-state index in [2.05, 4.69) is 42.9 Å². The Balaban J connectivity index is 2.21. The van der Waals surface area contributed by atoms with E-state index < -0.39 is 0 Å². The number of hydrogen-bond donors (Lipinski definition) is 0. The van der Waals surface area contributed by atoms with Gasteiger partial charge in [-0.05, 0) is 45.8 Å². The summed E-state index contributed by atoms with van der Waals surface area (Å²) in [5, 5.41) is 0. The van der Waals surface area contributed by atoms with E-state index in [9.17, 15) is 0 Å². The fourth-order valence-electron chi connectivity index (χ4n) is 1.27. The molecule has 0 aliphatic rings. The second-order valence-corrected chi connectivity index (χ2v) is 5.03. The van der Waals surface area contributed by atoms with Gasteiger partial charge in [0, 0.05) is 15.1 Å². The van der Waals surface area contributed by atoms with Gasteiger partial charge in [-0.2, -0.15) is 0 Å². The average molecular weight is 339 g/mol. The van der Waals surface area contributed by atoms with Crippen LogP contribution in [0.2, 0.25) is 0 Å². The molecule has 0 amide bonds. The van der Waals surface area contributed by atoms with Gasteiger partial charge >= 0.3 is 0 Å². The smallest absolute Gasteiger partial charge is 0.0630 e.